The predicted molar refractivity (Wildman–Crippen MR) is 85.4 cm³/mol. The fourth-order valence-electron chi connectivity index (χ4n) is 3.70. The van der Waals surface area contributed by atoms with Crippen molar-refractivity contribution in [1.29, 1.82) is 0 Å². The molecule has 0 radical (unpaired) electrons. The van der Waals surface area contributed by atoms with E-state index in [1.54, 1.807) is 6.07 Å². The third-order valence-corrected chi connectivity index (χ3v) is 5.92. The van der Waals surface area contributed by atoms with Gasteiger partial charge in [-0.2, -0.15) is 11.8 Å². The van der Waals surface area contributed by atoms with Crippen molar-refractivity contribution in [2.24, 2.45) is 0 Å². The molecule has 3 unspecified atom stereocenters. The molecule has 3 rings (SSSR count). The van der Waals surface area contributed by atoms with Crippen LogP contribution in [-0.4, -0.2) is 22.5 Å². The van der Waals surface area contributed by atoms with Gasteiger partial charge in [-0.25, -0.2) is 0 Å². The number of pyridine rings is 1. The molecule has 1 fully saturated rings. The maximum absolute atomic E-state index is 11.5. The van der Waals surface area contributed by atoms with Crippen molar-refractivity contribution in [3.8, 4) is 0 Å². The van der Waals surface area contributed by atoms with Crippen molar-refractivity contribution >= 4 is 11.8 Å². The summed E-state index contributed by atoms with van der Waals surface area (Å²) in [5.41, 5.74) is 2.50. The molecule has 2 aliphatic rings. The Morgan fingerprint density at radius 2 is 2.05 bits per heavy atom. The van der Waals surface area contributed by atoms with Crippen LogP contribution in [0.3, 0.4) is 0 Å². The van der Waals surface area contributed by atoms with Crippen LogP contribution in [-0.2, 0) is 6.42 Å². The fraction of sp³-hybridized carbons (Fsp3) is 0.688. The van der Waals surface area contributed by atoms with E-state index in [9.17, 15) is 4.79 Å². The summed E-state index contributed by atoms with van der Waals surface area (Å²) in [6.45, 7) is 0. The summed E-state index contributed by atoms with van der Waals surface area (Å²) in [6, 6.07) is 4.75. The minimum absolute atomic E-state index is 0.0315. The van der Waals surface area contributed by atoms with Gasteiger partial charge in [0.15, 0.2) is 0 Å². The molecule has 2 aliphatic carbocycles. The van der Waals surface area contributed by atoms with Crippen molar-refractivity contribution in [3.63, 3.8) is 0 Å². The Morgan fingerprint density at radius 3 is 2.90 bits per heavy atom. The number of nitrogens with one attached hydrogen (secondary N) is 2. The second-order valence-corrected chi connectivity index (χ2v) is 7.11. The van der Waals surface area contributed by atoms with Crippen molar-refractivity contribution < 1.29 is 0 Å². The zero-order valence-corrected chi connectivity index (χ0v) is 13.0. The van der Waals surface area contributed by atoms with Gasteiger partial charge in [0.05, 0.1) is 0 Å². The molecule has 0 aliphatic heterocycles. The SMILES string of the molecule is CSC1CCCCC1NC1CCCc2[nH]c(=O)ccc21. The third-order valence-electron chi connectivity index (χ3n) is 4.75. The minimum Gasteiger partial charge on any atom is -0.326 e. The minimum atomic E-state index is 0.0315. The summed E-state index contributed by atoms with van der Waals surface area (Å²) < 4.78 is 0. The zero-order valence-electron chi connectivity index (χ0n) is 12.2. The highest BCUT2D eigenvalue weighted by molar-refractivity contribution is 7.99. The number of thioether (sulfide) groups is 1. The highest BCUT2D eigenvalue weighted by Crippen LogP contribution is 2.32. The number of fused-ring (bicyclic) bond motifs is 1. The lowest BCUT2D eigenvalue weighted by Crippen LogP contribution is -2.43. The zero-order chi connectivity index (χ0) is 13.9. The molecular weight excluding hydrogens is 268 g/mol. The average Bonchev–Trinajstić information content (AvgIpc) is 2.47. The summed E-state index contributed by atoms with van der Waals surface area (Å²) in [4.78, 5) is 14.5. The number of rotatable bonds is 3. The van der Waals surface area contributed by atoms with Crippen LogP contribution in [0.2, 0.25) is 0 Å². The van der Waals surface area contributed by atoms with Gasteiger partial charge in [-0.15, -0.1) is 0 Å². The van der Waals surface area contributed by atoms with Gasteiger partial charge in [0, 0.05) is 29.1 Å². The molecule has 1 aromatic rings. The van der Waals surface area contributed by atoms with E-state index in [0.717, 1.165) is 17.4 Å². The Kier molecular flexibility index (Phi) is 4.51. The van der Waals surface area contributed by atoms with E-state index < -0.39 is 0 Å². The second kappa shape index (κ2) is 6.35. The van der Waals surface area contributed by atoms with E-state index in [-0.39, 0.29) is 5.56 Å². The molecule has 0 amide bonds. The van der Waals surface area contributed by atoms with Crippen LogP contribution in [0.4, 0.5) is 0 Å². The summed E-state index contributed by atoms with van der Waals surface area (Å²) >= 11 is 2.01. The van der Waals surface area contributed by atoms with Gasteiger partial charge in [0.1, 0.15) is 0 Å². The normalized spacial score (nSPS) is 29.9. The molecule has 1 saturated carbocycles. The Bertz CT molecular complexity index is 513. The van der Waals surface area contributed by atoms with Crippen molar-refractivity contribution in [1.82, 2.24) is 10.3 Å². The topological polar surface area (TPSA) is 44.9 Å². The summed E-state index contributed by atoms with van der Waals surface area (Å²) in [7, 11) is 0. The molecule has 2 N–H and O–H groups in total. The highest BCUT2D eigenvalue weighted by Gasteiger charge is 2.29. The lowest BCUT2D eigenvalue weighted by Gasteiger charge is -2.36. The van der Waals surface area contributed by atoms with Gasteiger partial charge in [-0.1, -0.05) is 18.9 Å². The monoisotopic (exact) mass is 292 g/mol. The number of aryl methyl sites for hydroxylation is 1. The van der Waals surface area contributed by atoms with Crippen molar-refractivity contribution in [2.75, 3.05) is 6.26 Å². The first-order chi connectivity index (χ1) is 9.78. The molecule has 3 atom stereocenters. The van der Waals surface area contributed by atoms with E-state index in [2.05, 4.69) is 16.6 Å². The predicted octanol–water partition coefficient (Wildman–Crippen LogP) is 3.02. The molecule has 0 bridgehead atoms. The molecular formula is C16H24N2OS. The Morgan fingerprint density at radius 1 is 1.20 bits per heavy atom. The smallest absolute Gasteiger partial charge is 0.248 e. The van der Waals surface area contributed by atoms with Crippen LogP contribution >= 0.6 is 11.8 Å². The van der Waals surface area contributed by atoms with Gasteiger partial charge < -0.3 is 10.3 Å². The number of H-pyrrole nitrogens is 1. The van der Waals surface area contributed by atoms with Crippen LogP contribution in [0.25, 0.3) is 0 Å². The lowest BCUT2D eigenvalue weighted by molar-refractivity contribution is 0.327. The Hall–Kier alpha value is -0.740. The lowest BCUT2D eigenvalue weighted by atomic mass is 9.88. The number of aromatic nitrogens is 1. The number of aromatic amines is 1. The van der Waals surface area contributed by atoms with Crippen LogP contribution in [0, 0.1) is 0 Å². The first-order valence-electron chi connectivity index (χ1n) is 7.79. The molecule has 110 valence electrons. The van der Waals surface area contributed by atoms with Gasteiger partial charge in [-0.3, -0.25) is 4.79 Å². The molecule has 4 heteroatoms. The third kappa shape index (κ3) is 2.96. The molecule has 1 aromatic heterocycles. The van der Waals surface area contributed by atoms with E-state index >= 15 is 0 Å². The standard InChI is InChI=1S/C16H24N2OS/c1-20-15-8-3-2-5-14(15)17-12-6-4-7-13-11(12)9-10-16(19)18-13/h9-10,12,14-15,17H,2-8H2,1H3,(H,18,19). The van der Waals surface area contributed by atoms with Crippen LogP contribution in [0.15, 0.2) is 16.9 Å². The first-order valence-corrected chi connectivity index (χ1v) is 9.07. The number of hydrogen-bond acceptors (Lipinski definition) is 3. The van der Waals surface area contributed by atoms with Crippen LogP contribution in [0.5, 0.6) is 0 Å². The maximum atomic E-state index is 11.5. The van der Waals surface area contributed by atoms with Crippen LogP contribution < -0.4 is 10.9 Å². The van der Waals surface area contributed by atoms with E-state index in [1.165, 1.54) is 44.1 Å². The maximum Gasteiger partial charge on any atom is 0.248 e. The summed E-state index contributed by atoms with van der Waals surface area (Å²) in [5.74, 6) is 0. The van der Waals surface area contributed by atoms with E-state index in [0.29, 0.717) is 12.1 Å². The second-order valence-electron chi connectivity index (χ2n) is 6.03. The van der Waals surface area contributed by atoms with Crippen LogP contribution in [0.1, 0.15) is 55.8 Å². The summed E-state index contributed by atoms with van der Waals surface area (Å²) in [5, 5.41) is 4.64. The van der Waals surface area contributed by atoms with E-state index in [4.69, 9.17) is 0 Å². The Balaban J connectivity index is 1.77. The van der Waals surface area contributed by atoms with Gasteiger partial charge in [0.25, 0.3) is 0 Å². The average molecular weight is 292 g/mol. The quantitative estimate of drug-likeness (QED) is 0.900. The van der Waals surface area contributed by atoms with Crippen molar-refractivity contribution in [2.45, 2.75) is 62.3 Å². The molecule has 0 aromatic carbocycles. The molecule has 1 heterocycles. The van der Waals surface area contributed by atoms with Gasteiger partial charge in [-0.05, 0) is 43.9 Å². The molecule has 20 heavy (non-hydrogen) atoms. The highest BCUT2D eigenvalue weighted by atomic mass is 32.2. The fourth-order valence-corrected chi connectivity index (χ4v) is 4.65. The number of hydrogen-bond donors (Lipinski definition) is 2. The first kappa shape index (κ1) is 14.2. The Labute approximate surface area is 124 Å². The van der Waals surface area contributed by atoms with Gasteiger partial charge in [0.2, 0.25) is 5.56 Å². The summed E-state index contributed by atoms with van der Waals surface area (Å²) in [6.07, 6.45) is 11.0. The van der Waals surface area contributed by atoms with E-state index in [1.807, 2.05) is 17.8 Å². The molecule has 0 saturated heterocycles. The van der Waals surface area contributed by atoms with Crippen molar-refractivity contribution in [3.05, 3.63) is 33.7 Å². The molecule has 3 nitrogen and oxygen atoms in total. The molecule has 0 spiro atoms. The van der Waals surface area contributed by atoms with Gasteiger partial charge >= 0.3 is 0 Å². The largest absolute Gasteiger partial charge is 0.326 e.